The Hall–Kier alpha value is -2.69. The number of nitrogens with zero attached hydrogens (tertiary/aromatic N) is 3. The van der Waals surface area contributed by atoms with Crippen LogP contribution in [0.5, 0.6) is 0 Å². The van der Waals surface area contributed by atoms with Crippen molar-refractivity contribution >= 4 is 16.9 Å². The number of rotatable bonds is 4. The lowest BCUT2D eigenvalue weighted by Gasteiger charge is -2.09. The van der Waals surface area contributed by atoms with Crippen molar-refractivity contribution < 1.29 is 4.79 Å². The number of carbonyl (C=O) groups excluding carboxylic acids is 1. The Labute approximate surface area is 146 Å². The number of fused-ring (bicyclic) bond motifs is 1. The van der Waals surface area contributed by atoms with E-state index in [0.717, 1.165) is 59.4 Å². The summed E-state index contributed by atoms with van der Waals surface area (Å²) in [5.41, 5.74) is 4.34. The number of pyridine rings is 1. The quantitative estimate of drug-likeness (QED) is 0.795. The Balaban J connectivity index is 1.72. The van der Waals surface area contributed by atoms with Gasteiger partial charge in [-0.15, -0.1) is 0 Å². The minimum atomic E-state index is 0.00696. The van der Waals surface area contributed by atoms with Gasteiger partial charge in [0.2, 0.25) is 0 Å². The molecule has 0 spiro atoms. The fourth-order valence-corrected chi connectivity index (χ4v) is 3.32. The van der Waals surface area contributed by atoms with Crippen LogP contribution in [-0.2, 0) is 0 Å². The highest BCUT2D eigenvalue weighted by Gasteiger charge is 2.30. The summed E-state index contributed by atoms with van der Waals surface area (Å²) in [7, 11) is 0. The number of aromatic nitrogens is 3. The topological polar surface area (TPSA) is 59.8 Å². The first-order valence-electron chi connectivity index (χ1n) is 8.97. The van der Waals surface area contributed by atoms with Crippen molar-refractivity contribution in [2.75, 3.05) is 0 Å². The summed E-state index contributed by atoms with van der Waals surface area (Å²) in [5.74, 6) is 0.490. The predicted molar refractivity (Wildman–Crippen MR) is 96.1 cm³/mol. The first-order valence-corrected chi connectivity index (χ1v) is 8.97. The lowest BCUT2D eigenvalue weighted by atomic mass is 10.1. The second-order valence-electron chi connectivity index (χ2n) is 7.15. The SMILES string of the molecule is Cc1nn(-c2ccccc2)c2nc(C3CC3)cc(C(=O)NC3CC3)c12. The molecule has 2 aliphatic carbocycles. The lowest BCUT2D eigenvalue weighted by molar-refractivity contribution is 0.0952. The van der Waals surface area contributed by atoms with Crippen LogP contribution in [0.1, 0.15) is 53.3 Å². The van der Waals surface area contributed by atoms with E-state index in [2.05, 4.69) is 5.32 Å². The van der Waals surface area contributed by atoms with Gasteiger partial charge in [0.15, 0.2) is 5.65 Å². The zero-order chi connectivity index (χ0) is 17.0. The van der Waals surface area contributed by atoms with Crippen LogP contribution < -0.4 is 5.32 Å². The second-order valence-corrected chi connectivity index (χ2v) is 7.15. The van der Waals surface area contributed by atoms with Crippen LogP contribution in [0.25, 0.3) is 16.7 Å². The average molecular weight is 332 g/mol. The minimum Gasteiger partial charge on any atom is -0.349 e. The molecule has 5 rings (SSSR count). The number of hydrogen-bond donors (Lipinski definition) is 1. The molecule has 3 aromatic rings. The molecule has 25 heavy (non-hydrogen) atoms. The van der Waals surface area contributed by atoms with Gasteiger partial charge in [-0.2, -0.15) is 5.10 Å². The van der Waals surface area contributed by atoms with Crippen LogP contribution >= 0.6 is 0 Å². The van der Waals surface area contributed by atoms with Gasteiger partial charge in [0, 0.05) is 17.7 Å². The Bertz CT molecular complexity index is 968. The van der Waals surface area contributed by atoms with Crippen molar-refractivity contribution in [2.45, 2.75) is 44.6 Å². The molecule has 1 amide bonds. The first kappa shape index (κ1) is 14.6. The van der Waals surface area contributed by atoms with Gasteiger partial charge in [0.05, 0.1) is 22.3 Å². The number of nitrogens with one attached hydrogen (secondary N) is 1. The molecule has 5 heteroatoms. The van der Waals surface area contributed by atoms with E-state index in [1.165, 1.54) is 0 Å². The van der Waals surface area contributed by atoms with Gasteiger partial charge in [-0.25, -0.2) is 9.67 Å². The van der Waals surface area contributed by atoms with E-state index in [-0.39, 0.29) is 5.91 Å². The summed E-state index contributed by atoms with van der Waals surface area (Å²) in [4.78, 5) is 17.7. The molecule has 2 saturated carbocycles. The van der Waals surface area contributed by atoms with Gasteiger partial charge in [-0.1, -0.05) is 18.2 Å². The molecule has 2 fully saturated rings. The maximum absolute atomic E-state index is 12.8. The van der Waals surface area contributed by atoms with Crippen LogP contribution in [-0.4, -0.2) is 26.7 Å². The molecular formula is C20H20N4O. The molecule has 0 bridgehead atoms. The monoisotopic (exact) mass is 332 g/mol. The van der Waals surface area contributed by atoms with Crippen molar-refractivity contribution in [1.29, 1.82) is 0 Å². The van der Waals surface area contributed by atoms with Crippen LogP contribution in [0.3, 0.4) is 0 Å². The number of aryl methyl sites for hydroxylation is 1. The maximum atomic E-state index is 12.8. The molecule has 0 unspecified atom stereocenters. The molecule has 126 valence electrons. The molecule has 0 aliphatic heterocycles. The van der Waals surface area contributed by atoms with Crippen molar-refractivity contribution in [1.82, 2.24) is 20.1 Å². The highest BCUT2D eigenvalue weighted by atomic mass is 16.1. The fourth-order valence-electron chi connectivity index (χ4n) is 3.32. The van der Waals surface area contributed by atoms with E-state index in [0.29, 0.717) is 12.0 Å². The van der Waals surface area contributed by atoms with Gasteiger partial charge in [0.1, 0.15) is 0 Å². The third kappa shape index (κ3) is 2.60. The number of para-hydroxylation sites is 1. The molecule has 1 N–H and O–H groups in total. The van der Waals surface area contributed by atoms with Gasteiger partial charge in [0.25, 0.3) is 5.91 Å². The van der Waals surface area contributed by atoms with Crippen molar-refractivity contribution in [3.05, 3.63) is 53.3 Å². The summed E-state index contributed by atoms with van der Waals surface area (Å²) in [6.45, 7) is 1.95. The zero-order valence-corrected chi connectivity index (χ0v) is 14.2. The largest absolute Gasteiger partial charge is 0.349 e. The maximum Gasteiger partial charge on any atom is 0.252 e. The van der Waals surface area contributed by atoms with E-state index < -0.39 is 0 Å². The standard InChI is InChI=1S/C20H20N4O/c1-12-18-16(20(25)21-14-9-10-14)11-17(13-7-8-13)22-19(18)24(23-12)15-5-3-2-4-6-15/h2-6,11,13-14H,7-10H2,1H3,(H,21,25). The first-order chi connectivity index (χ1) is 12.2. The Kier molecular flexibility index (Phi) is 3.17. The molecule has 0 radical (unpaired) electrons. The fraction of sp³-hybridized carbons (Fsp3) is 0.350. The van der Waals surface area contributed by atoms with Gasteiger partial charge in [-0.05, 0) is 50.8 Å². The lowest BCUT2D eigenvalue weighted by Crippen LogP contribution is -2.26. The third-order valence-electron chi connectivity index (χ3n) is 4.99. The van der Waals surface area contributed by atoms with E-state index in [1.54, 1.807) is 0 Å². The van der Waals surface area contributed by atoms with Crippen LogP contribution in [0.2, 0.25) is 0 Å². The van der Waals surface area contributed by atoms with E-state index in [4.69, 9.17) is 10.1 Å². The molecule has 2 aliphatic rings. The summed E-state index contributed by atoms with van der Waals surface area (Å²) in [6.07, 6.45) is 4.47. The molecule has 1 aromatic carbocycles. The van der Waals surface area contributed by atoms with Crippen molar-refractivity contribution in [3.8, 4) is 5.69 Å². The molecule has 0 atom stereocenters. The summed E-state index contributed by atoms with van der Waals surface area (Å²) in [5, 5.41) is 8.68. The van der Waals surface area contributed by atoms with Crippen molar-refractivity contribution in [2.24, 2.45) is 0 Å². The predicted octanol–water partition coefficient (Wildman–Crippen LogP) is 3.50. The van der Waals surface area contributed by atoms with Crippen LogP contribution in [0, 0.1) is 6.92 Å². The Morgan fingerprint density at radius 2 is 1.92 bits per heavy atom. The highest BCUT2D eigenvalue weighted by Crippen LogP contribution is 2.40. The molecule has 5 nitrogen and oxygen atoms in total. The summed E-state index contributed by atoms with van der Waals surface area (Å²) in [6, 6.07) is 12.3. The summed E-state index contributed by atoms with van der Waals surface area (Å²) >= 11 is 0. The number of amides is 1. The Morgan fingerprint density at radius 3 is 2.60 bits per heavy atom. The Morgan fingerprint density at radius 1 is 1.16 bits per heavy atom. The van der Waals surface area contributed by atoms with E-state index >= 15 is 0 Å². The van der Waals surface area contributed by atoms with E-state index in [1.807, 2.05) is 48.0 Å². The van der Waals surface area contributed by atoms with Gasteiger partial charge >= 0.3 is 0 Å². The molecular weight excluding hydrogens is 312 g/mol. The number of carbonyl (C=O) groups is 1. The third-order valence-corrected chi connectivity index (χ3v) is 4.99. The van der Waals surface area contributed by atoms with E-state index in [9.17, 15) is 4.79 Å². The zero-order valence-electron chi connectivity index (χ0n) is 14.2. The molecule has 2 aromatic heterocycles. The number of benzene rings is 1. The molecule has 0 saturated heterocycles. The highest BCUT2D eigenvalue weighted by molar-refractivity contribution is 6.07. The van der Waals surface area contributed by atoms with Crippen LogP contribution in [0.4, 0.5) is 0 Å². The summed E-state index contributed by atoms with van der Waals surface area (Å²) < 4.78 is 1.87. The van der Waals surface area contributed by atoms with Crippen LogP contribution in [0.15, 0.2) is 36.4 Å². The smallest absolute Gasteiger partial charge is 0.252 e. The van der Waals surface area contributed by atoms with Gasteiger partial charge in [-0.3, -0.25) is 4.79 Å². The van der Waals surface area contributed by atoms with Gasteiger partial charge < -0.3 is 5.32 Å². The average Bonchev–Trinajstić information content (AvgIpc) is 3.54. The second kappa shape index (κ2) is 5.41. The number of hydrogen-bond acceptors (Lipinski definition) is 3. The molecule has 2 heterocycles. The van der Waals surface area contributed by atoms with Crippen molar-refractivity contribution in [3.63, 3.8) is 0 Å². The minimum absolute atomic E-state index is 0.00696. The normalized spacial score (nSPS) is 17.0.